The standard InChI is InChI=1S/C23H18F2N2O/c1-15-10-12-16(13-11-15)22-14-21(17-6-2-4-8-19(17)24)26-27(22)23(28)18-7-3-5-9-20(18)25/h2-13,22H,14H2,1H3/t22-/m0/s1. The largest absolute Gasteiger partial charge is 0.277 e. The van der Waals surface area contributed by atoms with Gasteiger partial charge in [-0.05, 0) is 30.7 Å². The number of amides is 1. The van der Waals surface area contributed by atoms with Crippen molar-refractivity contribution in [3.63, 3.8) is 0 Å². The molecular formula is C23H18F2N2O. The summed E-state index contributed by atoms with van der Waals surface area (Å²) in [5.74, 6) is -1.55. The molecule has 0 aromatic heterocycles. The Hall–Kier alpha value is -3.34. The number of benzene rings is 3. The van der Waals surface area contributed by atoms with Crippen LogP contribution in [0.5, 0.6) is 0 Å². The molecule has 0 radical (unpaired) electrons. The molecule has 140 valence electrons. The maximum Gasteiger partial charge on any atom is 0.277 e. The summed E-state index contributed by atoms with van der Waals surface area (Å²) in [5, 5.41) is 5.68. The van der Waals surface area contributed by atoms with E-state index in [0.29, 0.717) is 17.7 Å². The van der Waals surface area contributed by atoms with Crippen LogP contribution in [0.2, 0.25) is 0 Å². The molecule has 0 unspecified atom stereocenters. The third-order valence-electron chi connectivity index (χ3n) is 4.87. The average Bonchev–Trinajstić information content (AvgIpc) is 3.14. The van der Waals surface area contributed by atoms with E-state index in [1.807, 2.05) is 31.2 Å². The Balaban J connectivity index is 1.77. The van der Waals surface area contributed by atoms with Crippen molar-refractivity contribution in [1.82, 2.24) is 5.01 Å². The van der Waals surface area contributed by atoms with Crippen molar-refractivity contribution in [3.05, 3.63) is 107 Å². The molecule has 0 fully saturated rings. The second kappa shape index (κ2) is 7.35. The second-order valence-electron chi connectivity index (χ2n) is 6.79. The summed E-state index contributed by atoms with van der Waals surface area (Å²) in [7, 11) is 0. The van der Waals surface area contributed by atoms with Crippen molar-refractivity contribution in [2.45, 2.75) is 19.4 Å². The molecule has 28 heavy (non-hydrogen) atoms. The van der Waals surface area contributed by atoms with E-state index < -0.39 is 23.6 Å². The number of carbonyl (C=O) groups is 1. The molecule has 0 N–H and O–H groups in total. The number of carbonyl (C=O) groups excluding carboxylic acids is 1. The van der Waals surface area contributed by atoms with Crippen LogP contribution in [0.15, 0.2) is 77.9 Å². The van der Waals surface area contributed by atoms with Gasteiger partial charge in [0.1, 0.15) is 11.6 Å². The number of hydrogen-bond acceptors (Lipinski definition) is 2. The molecule has 5 heteroatoms. The first-order chi connectivity index (χ1) is 13.5. The molecule has 1 amide bonds. The van der Waals surface area contributed by atoms with Gasteiger partial charge in [-0.15, -0.1) is 0 Å². The monoisotopic (exact) mass is 376 g/mol. The van der Waals surface area contributed by atoms with Gasteiger partial charge in [0.25, 0.3) is 5.91 Å². The van der Waals surface area contributed by atoms with Crippen LogP contribution in [0, 0.1) is 18.6 Å². The van der Waals surface area contributed by atoms with Crippen LogP contribution in [0.4, 0.5) is 8.78 Å². The number of nitrogens with zero attached hydrogens (tertiary/aromatic N) is 2. The zero-order valence-electron chi connectivity index (χ0n) is 15.3. The molecule has 1 heterocycles. The van der Waals surface area contributed by atoms with E-state index in [4.69, 9.17) is 0 Å². The summed E-state index contributed by atoms with van der Waals surface area (Å²) in [5.41, 5.74) is 2.71. The van der Waals surface area contributed by atoms with Gasteiger partial charge in [0.15, 0.2) is 0 Å². The van der Waals surface area contributed by atoms with Crippen LogP contribution < -0.4 is 0 Å². The third kappa shape index (κ3) is 3.31. The lowest BCUT2D eigenvalue weighted by Gasteiger charge is -2.22. The van der Waals surface area contributed by atoms with Gasteiger partial charge in [0.2, 0.25) is 0 Å². The van der Waals surface area contributed by atoms with Gasteiger partial charge < -0.3 is 0 Å². The first-order valence-electron chi connectivity index (χ1n) is 9.01. The molecule has 3 nitrogen and oxygen atoms in total. The molecule has 3 aromatic carbocycles. The molecule has 4 rings (SSSR count). The predicted octanol–water partition coefficient (Wildman–Crippen LogP) is 5.26. The minimum Gasteiger partial charge on any atom is -0.267 e. The Morgan fingerprint density at radius 1 is 0.929 bits per heavy atom. The van der Waals surface area contributed by atoms with Gasteiger partial charge in [-0.1, -0.05) is 60.2 Å². The molecule has 1 aliphatic rings. The van der Waals surface area contributed by atoms with E-state index in [-0.39, 0.29) is 5.56 Å². The van der Waals surface area contributed by atoms with Crippen molar-refractivity contribution < 1.29 is 13.6 Å². The van der Waals surface area contributed by atoms with E-state index in [0.717, 1.165) is 11.1 Å². The van der Waals surface area contributed by atoms with E-state index in [1.54, 1.807) is 24.3 Å². The minimum absolute atomic E-state index is 0.0573. The Morgan fingerprint density at radius 2 is 1.57 bits per heavy atom. The number of rotatable bonds is 3. The van der Waals surface area contributed by atoms with E-state index >= 15 is 0 Å². The molecular weight excluding hydrogens is 358 g/mol. The van der Waals surface area contributed by atoms with Crippen LogP contribution >= 0.6 is 0 Å². The normalized spacial score (nSPS) is 16.2. The fraction of sp³-hybridized carbons (Fsp3) is 0.130. The molecule has 0 saturated heterocycles. The van der Waals surface area contributed by atoms with Crippen molar-refractivity contribution in [2.75, 3.05) is 0 Å². The SMILES string of the molecule is Cc1ccc([C@@H]2CC(c3ccccc3F)=NN2C(=O)c2ccccc2F)cc1. The molecule has 0 aliphatic carbocycles. The molecule has 0 bridgehead atoms. The molecule has 3 aromatic rings. The topological polar surface area (TPSA) is 32.7 Å². The smallest absolute Gasteiger partial charge is 0.267 e. The van der Waals surface area contributed by atoms with Gasteiger partial charge >= 0.3 is 0 Å². The number of halogens is 2. The highest BCUT2D eigenvalue weighted by Gasteiger charge is 2.35. The lowest BCUT2D eigenvalue weighted by atomic mass is 9.97. The maximum absolute atomic E-state index is 14.3. The fourth-order valence-corrected chi connectivity index (χ4v) is 3.36. The number of hydrazone groups is 1. The summed E-state index contributed by atoms with van der Waals surface area (Å²) >= 11 is 0. The first-order valence-corrected chi connectivity index (χ1v) is 9.01. The van der Waals surface area contributed by atoms with Gasteiger partial charge in [-0.3, -0.25) is 4.79 Å². The van der Waals surface area contributed by atoms with E-state index in [9.17, 15) is 13.6 Å². The second-order valence-corrected chi connectivity index (χ2v) is 6.79. The van der Waals surface area contributed by atoms with Gasteiger partial charge in [0, 0.05) is 12.0 Å². The molecule has 1 atom stereocenters. The Labute approximate surface area is 161 Å². The zero-order valence-corrected chi connectivity index (χ0v) is 15.3. The van der Waals surface area contributed by atoms with Gasteiger partial charge in [-0.25, -0.2) is 13.8 Å². The lowest BCUT2D eigenvalue weighted by molar-refractivity contribution is 0.0706. The summed E-state index contributed by atoms with van der Waals surface area (Å²) < 4.78 is 28.5. The summed E-state index contributed by atoms with van der Waals surface area (Å²) in [6, 6.07) is 19.4. The van der Waals surface area contributed by atoms with E-state index in [1.165, 1.54) is 29.3 Å². The van der Waals surface area contributed by atoms with Crippen LogP contribution in [-0.4, -0.2) is 16.6 Å². The highest BCUT2D eigenvalue weighted by Crippen LogP contribution is 2.34. The molecule has 0 saturated carbocycles. The van der Waals surface area contributed by atoms with Crippen molar-refractivity contribution in [3.8, 4) is 0 Å². The van der Waals surface area contributed by atoms with Crippen LogP contribution in [0.1, 0.15) is 39.5 Å². The fourth-order valence-electron chi connectivity index (χ4n) is 3.36. The number of aryl methyl sites for hydroxylation is 1. The lowest BCUT2D eigenvalue weighted by Crippen LogP contribution is -2.27. The predicted molar refractivity (Wildman–Crippen MR) is 104 cm³/mol. The number of hydrogen-bond donors (Lipinski definition) is 0. The highest BCUT2D eigenvalue weighted by atomic mass is 19.1. The third-order valence-corrected chi connectivity index (χ3v) is 4.87. The van der Waals surface area contributed by atoms with Crippen LogP contribution in [0.3, 0.4) is 0 Å². The van der Waals surface area contributed by atoms with Crippen LogP contribution in [-0.2, 0) is 0 Å². The minimum atomic E-state index is -0.607. The maximum atomic E-state index is 14.3. The summed E-state index contributed by atoms with van der Waals surface area (Å²) in [6.07, 6.45) is 0.351. The zero-order chi connectivity index (χ0) is 19.7. The molecule has 1 aliphatic heterocycles. The van der Waals surface area contributed by atoms with Gasteiger partial charge in [0.05, 0.1) is 17.3 Å². The van der Waals surface area contributed by atoms with Crippen molar-refractivity contribution in [1.29, 1.82) is 0 Å². The quantitative estimate of drug-likeness (QED) is 0.613. The highest BCUT2D eigenvalue weighted by molar-refractivity contribution is 6.05. The van der Waals surface area contributed by atoms with Crippen LogP contribution in [0.25, 0.3) is 0 Å². The Kier molecular flexibility index (Phi) is 4.74. The Bertz CT molecular complexity index is 1060. The summed E-state index contributed by atoms with van der Waals surface area (Å²) in [4.78, 5) is 13.1. The van der Waals surface area contributed by atoms with Crippen molar-refractivity contribution >= 4 is 11.6 Å². The summed E-state index contributed by atoms with van der Waals surface area (Å²) in [6.45, 7) is 1.97. The van der Waals surface area contributed by atoms with Crippen molar-refractivity contribution in [2.24, 2.45) is 5.10 Å². The molecule has 0 spiro atoms. The first kappa shape index (κ1) is 18.0. The average molecular weight is 376 g/mol. The Morgan fingerprint density at radius 3 is 2.25 bits per heavy atom. The van der Waals surface area contributed by atoms with E-state index in [2.05, 4.69) is 5.10 Å². The van der Waals surface area contributed by atoms with Gasteiger partial charge in [-0.2, -0.15) is 5.10 Å².